The van der Waals surface area contributed by atoms with Gasteiger partial charge >= 0.3 is 0 Å². The van der Waals surface area contributed by atoms with Gasteiger partial charge in [0.05, 0.1) is 5.69 Å². The second kappa shape index (κ2) is 6.72. The van der Waals surface area contributed by atoms with Crippen LogP contribution < -0.4 is 15.4 Å². The van der Waals surface area contributed by atoms with E-state index in [-0.39, 0.29) is 18.0 Å². The maximum Gasteiger partial charge on any atom is 0.267 e. The van der Waals surface area contributed by atoms with E-state index in [1.165, 1.54) is 42.9 Å². The topological polar surface area (TPSA) is 71.3 Å². The lowest BCUT2D eigenvalue weighted by atomic mass is 9.63. The summed E-state index contributed by atoms with van der Waals surface area (Å²) in [5.74, 6) is 0.691. The molecule has 28 heavy (non-hydrogen) atoms. The summed E-state index contributed by atoms with van der Waals surface area (Å²) in [6.07, 6.45) is 10.8. The number of nitrogens with zero attached hydrogens (tertiary/aromatic N) is 5. The Morgan fingerprint density at radius 3 is 2.64 bits per heavy atom. The van der Waals surface area contributed by atoms with Crippen molar-refractivity contribution in [1.82, 2.24) is 14.8 Å². The molecular formula is C21H25N5O2. The summed E-state index contributed by atoms with van der Waals surface area (Å²) in [4.78, 5) is 33.3. The van der Waals surface area contributed by atoms with Gasteiger partial charge in [0.1, 0.15) is 12.4 Å². The van der Waals surface area contributed by atoms with Gasteiger partial charge in [-0.25, -0.2) is 4.68 Å². The Labute approximate surface area is 164 Å². The number of amides is 1. The van der Waals surface area contributed by atoms with Crippen LogP contribution in [0, 0.1) is 5.41 Å². The minimum Gasteiger partial charge on any atom is -0.355 e. The molecule has 7 nitrogen and oxygen atoms in total. The van der Waals surface area contributed by atoms with Crippen molar-refractivity contribution >= 4 is 17.4 Å². The molecule has 0 unspecified atom stereocenters. The molecule has 0 N–H and O–H groups in total. The molecule has 0 radical (unpaired) electrons. The number of hydrogen-bond donors (Lipinski definition) is 0. The first-order valence-corrected chi connectivity index (χ1v) is 10.2. The quantitative estimate of drug-likeness (QED) is 0.816. The van der Waals surface area contributed by atoms with E-state index in [4.69, 9.17) is 0 Å². The molecule has 3 aliphatic rings. The molecule has 2 aromatic heterocycles. The molecule has 0 atom stereocenters. The zero-order valence-electron chi connectivity index (χ0n) is 16.0. The highest BCUT2D eigenvalue weighted by atomic mass is 16.2. The van der Waals surface area contributed by atoms with Crippen LogP contribution >= 0.6 is 0 Å². The Balaban J connectivity index is 1.31. The third-order valence-electron chi connectivity index (χ3n) is 6.77. The van der Waals surface area contributed by atoms with Crippen LogP contribution in [0.4, 0.5) is 11.5 Å². The van der Waals surface area contributed by atoms with Crippen molar-refractivity contribution in [3.05, 3.63) is 46.5 Å². The maximum atomic E-state index is 12.8. The number of carbonyl (C=O) groups excluding carboxylic acids is 1. The van der Waals surface area contributed by atoms with E-state index in [1.54, 1.807) is 23.4 Å². The summed E-state index contributed by atoms with van der Waals surface area (Å²) in [5, 5.41) is 4.53. The molecule has 2 aliphatic heterocycles. The zero-order valence-corrected chi connectivity index (χ0v) is 16.0. The average Bonchev–Trinajstić information content (AvgIpc) is 3.13. The largest absolute Gasteiger partial charge is 0.355 e. The smallest absolute Gasteiger partial charge is 0.267 e. The molecule has 2 aromatic rings. The van der Waals surface area contributed by atoms with Crippen LogP contribution in [-0.4, -0.2) is 40.3 Å². The molecule has 1 saturated carbocycles. The number of pyridine rings is 1. The van der Waals surface area contributed by atoms with Crippen LogP contribution in [0.1, 0.15) is 37.7 Å². The van der Waals surface area contributed by atoms with E-state index in [0.717, 1.165) is 36.6 Å². The van der Waals surface area contributed by atoms with Gasteiger partial charge in [0.15, 0.2) is 0 Å². The standard InChI is InChI=1S/C21H25N5O2/c27-19-3-2-18(24-12-8-21(9-13-24)6-1-7-21)23-26(19)15-20(28)25-11-5-16-14-22-10-4-17(16)25/h2-4,10,14H,1,5-9,11-13,15H2. The molecule has 0 bridgehead atoms. The first kappa shape index (κ1) is 17.4. The Kier molecular flexibility index (Phi) is 4.18. The predicted molar refractivity (Wildman–Crippen MR) is 107 cm³/mol. The summed E-state index contributed by atoms with van der Waals surface area (Å²) < 4.78 is 1.31. The van der Waals surface area contributed by atoms with Crippen molar-refractivity contribution < 1.29 is 4.79 Å². The van der Waals surface area contributed by atoms with Crippen LogP contribution in [-0.2, 0) is 17.8 Å². The second-order valence-corrected chi connectivity index (χ2v) is 8.33. The fraction of sp³-hybridized carbons (Fsp3) is 0.524. The number of anilines is 2. The molecule has 7 heteroatoms. The lowest BCUT2D eigenvalue weighted by Crippen LogP contribution is -2.44. The molecule has 1 aliphatic carbocycles. The van der Waals surface area contributed by atoms with Crippen LogP contribution in [0.5, 0.6) is 0 Å². The van der Waals surface area contributed by atoms with E-state index < -0.39 is 0 Å². The fourth-order valence-electron chi connectivity index (χ4n) is 4.81. The number of aromatic nitrogens is 3. The van der Waals surface area contributed by atoms with Gasteiger partial charge in [-0.05, 0) is 55.2 Å². The second-order valence-electron chi connectivity index (χ2n) is 8.33. The van der Waals surface area contributed by atoms with Crippen molar-refractivity contribution in [3.8, 4) is 0 Å². The molecule has 4 heterocycles. The molecule has 1 spiro atoms. The number of piperidine rings is 1. The molecule has 5 rings (SSSR count). The average molecular weight is 379 g/mol. The summed E-state index contributed by atoms with van der Waals surface area (Å²) in [6, 6.07) is 5.18. The van der Waals surface area contributed by atoms with E-state index in [1.807, 2.05) is 6.07 Å². The highest BCUT2D eigenvalue weighted by Crippen LogP contribution is 2.49. The number of rotatable bonds is 3. The molecular weight excluding hydrogens is 354 g/mol. The highest BCUT2D eigenvalue weighted by molar-refractivity contribution is 5.95. The summed E-state index contributed by atoms with van der Waals surface area (Å²) in [7, 11) is 0. The van der Waals surface area contributed by atoms with E-state index in [0.29, 0.717) is 12.0 Å². The monoisotopic (exact) mass is 379 g/mol. The van der Waals surface area contributed by atoms with Gasteiger partial charge < -0.3 is 9.80 Å². The zero-order chi connectivity index (χ0) is 19.1. The van der Waals surface area contributed by atoms with E-state index in [9.17, 15) is 9.59 Å². The summed E-state index contributed by atoms with van der Waals surface area (Å²) >= 11 is 0. The number of carbonyl (C=O) groups is 1. The summed E-state index contributed by atoms with van der Waals surface area (Å²) in [5.41, 5.74) is 2.30. The Morgan fingerprint density at radius 2 is 1.89 bits per heavy atom. The fourth-order valence-corrected chi connectivity index (χ4v) is 4.81. The van der Waals surface area contributed by atoms with Gasteiger partial charge in [-0.1, -0.05) is 6.42 Å². The van der Waals surface area contributed by atoms with Crippen molar-refractivity contribution in [1.29, 1.82) is 0 Å². The molecule has 1 amide bonds. The van der Waals surface area contributed by atoms with Crippen LogP contribution in [0.15, 0.2) is 35.4 Å². The maximum absolute atomic E-state index is 12.8. The Morgan fingerprint density at radius 1 is 1.07 bits per heavy atom. The molecule has 2 fully saturated rings. The number of fused-ring (bicyclic) bond motifs is 1. The van der Waals surface area contributed by atoms with Crippen LogP contribution in [0.2, 0.25) is 0 Å². The van der Waals surface area contributed by atoms with Crippen LogP contribution in [0.3, 0.4) is 0 Å². The lowest BCUT2D eigenvalue weighted by Gasteiger charge is -2.48. The normalized spacial score (nSPS) is 20.1. The van der Waals surface area contributed by atoms with Crippen molar-refractivity contribution in [2.24, 2.45) is 5.41 Å². The molecule has 146 valence electrons. The first-order valence-electron chi connectivity index (χ1n) is 10.2. The SMILES string of the molecule is O=C(Cn1nc(N2CCC3(CCC3)CC2)ccc1=O)N1CCc2cnccc21. The Hall–Kier alpha value is -2.70. The van der Waals surface area contributed by atoms with Gasteiger partial charge in [0.25, 0.3) is 5.56 Å². The minimum atomic E-state index is -0.237. The van der Waals surface area contributed by atoms with Gasteiger partial charge in [-0.15, -0.1) is 0 Å². The van der Waals surface area contributed by atoms with Gasteiger partial charge in [0, 0.05) is 38.1 Å². The van der Waals surface area contributed by atoms with Crippen molar-refractivity contribution in [2.75, 3.05) is 29.4 Å². The molecule has 1 saturated heterocycles. The van der Waals surface area contributed by atoms with Crippen LogP contribution in [0.25, 0.3) is 0 Å². The highest BCUT2D eigenvalue weighted by Gasteiger charge is 2.39. The third-order valence-corrected chi connectivity index (χ3v) is 6.77. The van der Waals surface area contributed by atoms with Crippen molar-refractivity contribution in [3.63, 3.8) is 0 Å². The van der Waals surface area contributed by atoms with Gasteiger partial charge in [0.2, 0.25) is 5.91 Å². The first-order chi connectivity index (χ1) is 13.6. The Bertz CT molecular complexity index is 955. The summed E-state index contributed by atoms with van der Waals surface area (Å²) in [6.45, 7) is 2.55. The van der Waals surface area contributed by atoms with Crippen molar-refractivity contribution in [2.45, 2.75) is 45.1 Å². The predicted octanol–water partition coefficient (Wildman–Crippen LogP) is 2.00. The molecule has 0 aromatic carbocycles. The minimum absolute atomic E-state index is 0.0355. The van der Waals surface area contributed by atoms with E-state index in [2.05, 4.69) is 15.0 Å². The van der Waals surface area contributed by atoms with Gasteiger partial charge in [-0.2, -0.15) is 5.10 Å². The van der Waals surface area contributed by atoms with Gasteiger partial charge in [-0.3, -0.25) is 14.6 Å². The van der Waals surface area contributed by atoms with E-state index >= 15 is 0 Å². The lowest BCUT2D eigenvalue weighted by molar-refractivity contribution is -0.119. The third kappa shape index (κ3) is 2.99. The number of hydrogen-bond acceptors (Lipinski definition) is 5.